The van der Waals surface area contributed by atoms with Crippen molar-refractivity contribution < 1.29 is 13.9 Å². The summed E-state index contributed by atoms with van der Waals surface area (Å²) in [6.07, 6.45) is 1.13. The largest absolute Gasteiger partial charge is 0.503 e. The number of aromatic amines is 1. The molecule has 0 unspecified atom stereocenters. The van der Waals surface area contributed by atoms with Crippen LogP contribution < -0.4 is 5.32 Å². The van der Waals surface area contributed by atoms with E-state index in [-0.39, 0.29) is 21.6 Å². The van der Waals surface area contributed by atoms with Crippen LogP contribution in [-0.2, 0) is 0 Å². The molecule has 0 saturated heterocycles. The third-order valence-corrected chi connectivity index (χ3v) is 2.79. The van der Waals surface area contributed by atoms with E-state index in [0.717, 1.165) is 12.3 Å². The number of phenolic OH excluding ortho intramolecular Hbond substituents is 1. The molecule has 0 fully saturated rings. The Balaban J connectivity index is 2.34. The number of H-pyrrole nitrogens is 1. The van der Waals surface area contributed by atoms with Crippen LogP contribution in [0.1, 0.15) is 5.82 Å². The maximum Gasteiger partial charge on any atom is 0.216 e. The molecule has 2 aromatic rings. The van der Waals surface area contributed by atoms with Crippen LogP contribution in [0, 0.1) is 23.0 Å². The number of phenols is 1. The summed E-state index contributed by atoms with van der Waals surface area (Å²) in [5, 5.41) is 33.5. The summed E-state index contributed by atoms with van der Waals surface area (Å²) in [5.74, 6) is -3.52. The Hall–Kier alpha value is -2.54. The Morgan fingerprint density at radius 3 is 2.85 bits per heavy atom. The zero-order chi connectivity index (χ0) is 14.7. The van der Waals surface area contributed by atoms with Gasteiger partial charge in [-0.1, -0.05) is 0 Å². The van der Waals surface area contributed by atoms with Crippen molar-refractivity contribution in [2.24, 2.45) is 0 Å². The Bertz CT molecular complexity index is 710. The molecule has 0 aliphatic carbocycles. The molecular formula is C10H5BrF2N6O. The third kappa shape index (κ3) is 2.57. The van der Waals surface area contributed by atoms with Crippen LogP contribution in [0.2, 0.25) is 0 Å². The standard InChI is InChI=1S/C10H5BrF2N6O/c11-5-1-6(9(20)8(13)7(5)12)15-3-4(2-14)10-16-18-19-17-10/h1,3,15,20H,(H,16,17,18,19). The van der Waals surface area contributed by atoms with E-state index in [0.29, 0.717) is 0 Å². The first-order valence-corrected chi connectivity index (χ1v) is 5.81. The second-order valence-electron chi connectivity index (χ2n) is 3.43. The van der Waals surface area contributed by atoms with Crippen LogP contribution in [0.25, 0.3) is 5.57 Å². The number of nitrogens with one attached hydrogen (secondary N) is 2. The van der Waals surface area contributed by atoms with Gasteiger partial charge in [0.15, 0.2) is 11.6 Å². The lowest BCUT2D eigenvalue weighted by atomic mass is 10.2. The molecule has 10 heteroatoms. The molecule has 1 heterocycles. The molecule has 0 saturated carbocycles. The lowest BCUT2D eigenvalue weighted by Crippen LogP contribution is -1.96. The van der Waals surface area contributed by atoms with Crippen LogP contribution in [0.5, 0.6) is 5.75 Å². The van der Waals surface area contributed by atoms with Crippen LogP contribution in [0.4, 0.5) is 14.5 Å². The number of tetrazole rings is 1. The zero-order valence-electron chi connectivity index (χ0n) is 9.52. The van der Waals surface area contributed by atoms with Crippen molar-refractivity contribution in [2.45, 2.75) is 0 Å². The Morgan fingerprint density at radius 2 is 2.25 bits per heavy atom. The van der Waals surface area contributed by atoms with Crippen molar-refractivity contribution >= 4 is 27.2 Å². The highest BCUT2D eigenvalue weighted by molar-refractivity contribution is 9.10. The van der Waals surface area contributed by atoms with Gasteiger partial charge in [0.2, 0.25) is 11.6 Å². The van der Waals surface area contributed by atoms with Crippen LogP contribution in [0.3, 0.4) is 0 Å². The van der Waals surface area contributed by atoms with Crippen LogP contribution >= 0.6 is 15.9 Å². The third-order valence-electron chi connectivity index (χ3n) is 2.22. The molecule has 0 radical (unpaired) electrons. The number of nitriles is 1. The fourth-order valence-electron chi connectivity index (χ4n) is 1.27. The fourth-order valence-corrected chi connectivity index (χ4v) is 1.67. The molecule has 1 aromatic heterocycles. The van der Waals surface area contributed by atoms with Gasteiger partial charge in [-0.25, -0.2) is 4.39 Å². The first-order chi connectivity index (χ1) is 9.54. The molecule has 1 aromatic carbocycles. The Kier molecular flexibility index (Phi) is 3.90. The minimum atomic E-state index is -1.41. The number of allylic oxidation sites excluding steroid dienone is 1. The van der Waals surface area contributed by atoms with E-state index in [1.54, 1.807) is 6.07 Å². The molecule has 3 N–H and O–H groups in total. The van der Waals surface area contributed by atoms with Gasteiger partial charge in [-0.15, -0.1) is 10.2 Å². The van der Waals surface area contributed by atoms with Gasteiger partial charge < -0.3 is 10.4 Å². The van der Waals surface area contributed by atoms with Gasteiger partial charge in [0.25, 0.3) is 0 Å². The maximum atomic E-state index is 13.3. The van der Waals surface area contributed by atoms with Crippen molar-refractivity contribution in [3.05, 3.63) is 34.2 Å². The summed E-state index contributed by atoms with van der Waals surface area (Å²) in [6.45, 7) is 0. The van der Waals surface area contributed by atoms with E-state index in [2.05, 4.69) is 41.9 Å². The smallest absolute Gasteiger partial charge is 0.216 e. The average Bonchev–Trinajstić information content (AvgIpc) is 2.96. The van der Waals surface area contributed by atoms with Crippen molar-refractivity contribution in [3.63, 3.8) is 0 Å². The average molecular weight is 343 g/mol. The topological polar surface area (TPSA) is 111 Å². The summed E-state index contributed by atoms with van der Waals surface area (Å²) in [7, 11) is 0. The first-order valence-electron chi connectivity index (χ1n) is 5.01. The summed E-state index contributed by atoms with van der Waals surface area (Å²) in [4.78, 5) is 0. The summed E-state index contributed by atoms with van der Waals surface area (Å²) in [6, 6.07) is 2.91. The highest BCUT2D eigenvalue weighted by atomic mass is 79.9. The number of aromatic nitrogens is 4. The first kappa shape index (κ1) is 13.9. The lowest BCUT2D eigenvalue weighted by Gasteiger charge is -2.07. The van der Waals surface area contributed by atoms with Gasteiger partial charge in [0.05, 0.1) is 10.2 Å². The number of rotatable bonds is 3. The van der Waals surface area contributed by atoms with E-state index in [1.807, 2.05) is 0 Å². The van der Waals surface area contributed by atoms with E-state index in [4.69, 9.17) is 5.26 Å². The number of hydrogen-bond acceptors (Lipinski definition) is 6. The second kappa shape index (κ2) is 5.62. The molecule has 0 spiro atoms. The van der Waals surface area contributed by atoms with Crippen molar-refractivity contribution in [1.29, 1.82) is 5.26 Å². The van der Waals surface area contributed by atoms with Gasteiger partial charge in [-0.2, -0.15) is 14.9 Å². The molecule has 0 bridgehead atoms. The predicted molar refractivity (Wildman–Crippen MR) is 67.1 cm³/mol. The summed E-state index contributed by atoms with van der Waals surface area (Å²) < 4.78 is 26.3. The molecule has 7 nitrogen and oxygen atoms in total. The number of hydrogen-bond donors (Lipinski definition) is 3. The van der Waals surface area contributed by atoms with E-state index in [1.165, 1.54) is 0 Å². The fraction of sp³-hybridized carbons (Fsp3) is 0. The van der Waals surface area contributed by atoms with Crippen molar-refractivity contribution in [1.82, 2.24) is 20.6 Å². The monoisotopic (exact) mass is 342 g/mol. The number of anilines is 1. The van der Waals surface area contributed by atoms with Gasteiger partial charge in [-0.3, -0.25) is 0 Å². The lowest BCUT2D eigenvalue weighted by molar-refractivity contribution is 0.408. The Labute approximate surface area is 119 Å². The number of nitrogens with zero attached hydrogens (tertiary/aromatic N) is 4. The molecule has 20 heavy (non-hydrogen) atoms. The van der Waals surface area contributed by atoms with E-state index in [9.17, 15) is 13.9 Å². The van der Waals surface area contributed by atoms with Crippen LogP contribution in [-0.4, -0.2) is 25.7 Å². The zero-order valence-corrected chi connectivity index (χ0v) is 11.1. The van der Waals surface area contributed by atoms with E-state index < -0.39 is 17.4 Å². The Morgan fingerprint density at radius 1 is 1.50 bits per heavy atom. The summed E-state index contributed by atoms with van der Waals surface area (Å²) >= 11 is 2.80. The van der Waals surface area contributed by atoms with E-state index >= 15 is 0 Å². The summed E-state index contributed by atoms with van der Waals surface area (Å²) in [5.41, 5.74) is -0.147. The number of aromatic hydroxyl groups is 1. The molecule has 0 aliphatic heterocycles. The maximum absolute atomic E-state index is 13.3. The van der Waals surface area contributed by atoms with Gasteiger partial charge in [0.1, 0.15) is 11.6 Å². The molecule has 102 valence electrons. The minimum Gasteiger partial charge on any atom is -0.503 e. The van der Waals surface area contributed by atoms with Gasteiger partial charge in [-0.05, 0) is 27.2 Å². The molecular weight excluding hydrogens is 338 g/mol. The second-order valence-corrected chi connectivity index (χ2v) is 4.29. The highest BCUT2D eigenvalue weighted by Crippen LogP contribution is 2.33. The quantitative estimate of drug-likeness (QED) is 0.446. The molecule has 2 rings (SSSR count). The molecule has 0 aliphatic rings. The van der Waals surface area contributed by atoms with Gasteiger partial charge >= 0.3 is 0 Å². The highest BCUT2D eigenvalue weighted by Gasteiger charge is 2.16. The minimum absolute atomic E-state index is 0.0148. The van der Waals surface area contributed by atoms with Crippen LogP contribution in [0.15, 0.2) is 16.7 Å². The SMILES string of the molecule is N#CC(=CNc1cc(Br)c(F)c(F)c1O)c1nn[nH]n1. The predicted octanol–water partition coefficient (Wildman–Crippen LogP) is 1.92. The normalized spacial score (nSPS) is 11.2. The van der Waals surface area contributed by atoms with Crippen molar-refractivity contribution in [2.75, 3.05) is 5.32 Å². The van der Waals surface area contributed by atoms with Crippen molar-refractivity contribution in [3.8, 4) is 11.8 Å². The van der Waals surface area contributed by atoms with Gasteiger partial charge in [0, 0.05) is 6.20 Å². The number of halogens is 3. The molecule has 0 amide bonds. The number of benzene rings is 1. The molecule has 0 atom stereocenters.